The highest BCUT2D eigenvalue weighted by Gasteiger charge is 2.19. The van der Waals surface area contributed by atoms with Crippen LogP contribution in [-0.2, 0) is 0 Å². The predicted octanol–water partition coefficient (Wildman–Crippen LogP) is 17.3. The first kappa shape index (κ1) is 36.5. The first-order valence-corrected chi connectivity index (χ1v) is 21.4. The maximum atomic E-state index is 6.58. The van der Waals surface area contributed by atoms with Crippen molar-refractivity contribution in [2.24, 2.45) is 0 Å². The maximum absolute atomic E-state index is 6.58. The van der Waals surface area contributed by atoms with Crippen LogP contribution >= 0.6 is 0 Å². The van der Waals surface area contributed by atoms with Gasteiger partial charge in [-0.1, -0.05) is 170 Å². The Bertz CT molecular complexity index is 3430. The fourth-order valence-corrected chi connectivity index (χ4v) is 9.01. The van der Waals surface area contributed by atoms with E-state index in [2.05, 4.69) is 235 Å². The molecule has 0 bridgehead atoms. The molecular weight excluding hydrogens is 767 g/mol. The molecule has 10 aromatic carbocycles. The summed E-state index contributed by atoms with van der Waals surface area (Å²) in [6.07, 6.45) is 0. The van der Waals surface area contributed by atoms with Crippen LogP contribution in [0.5, 0.6) is 0 Å². The van der Waals surface area contributed by atoms with E-state index < -0.39 is 0 Å². The SMILES string of the molecule is c1ccc(-c2ccc(-c3ccc(N(c4ccc(-c5ccc(-c6ccccc6)cc5)cc4)c4ccc5oc6cc7c(cc6c5c4)oc4ccc(-c5ccccc5)cc47)cc3)cc2)cc1. The number of furan rings is 2. The fraction of sp³-hybridized carbons (Fsp3) is 0. The molecule has 2 heterocycles. The van der Waals surface area contributed by atoms with Crippen molar-refractivity contribution in [2.45, 2.75) is 0 Å². The molecule has 2 aromatic heterocycles. The Morgan fingerprint density at radius 3 is 0.905 bits per heavy atom. The van der Waals surface area contributed by atoms with E-state index in [9.17, 15) is 0 Å². The summed E-state index contributed by atoms with van der Waals surface area (Å²) in [4.78, 5) is 2.33. The third-order valence-corrected chi connectivity index (χ3v) is 12.3. The zero-order valence-electron chi connectivity index (χ0n) is 34.3. The van der Waals surface area contributed by atoms with E-state index in [1.807, 2.05) is 6.07 Å². The highest BCUT2D eigenvalue weighted by atomic mass is 16.3. The largest absolute Gasteiger partial charge is 0.456 e. The molecule has 0 radical (unpaired) electrons. The molecule has 3 nitrogen and oxygen atoms in total. The van der Waals surface area contributed by atoms with Crippen LogP contribution in [0.2, 0.25) is 0 Å². The Kier molecular flexibility index (Phi) is 8.83. The number of benzene rings is 10. The normalized spacial score (nSPS) is 11.5. The monoisotopic (exact) mass is 805 g/mol. The molecule has 63 heavy (non-hydrogen) atoms. The van der Waals surface area contributed by atoms with E-state index in [0.29, 0.717) is 0 Å². The lowest BCUT2D eigenvalue weighted by Gasteiger charge is -2.26. The standard InChI is InChI=1S/C60H39NO2/c1-4-10-40(11-5-1)43-16-20-45(21-17-43)47-24-29-50(30-25-47)61(51-31-26-48(27-32-51)46-22-18-44(19-23-46)41-12-6-2-7-13-41)52-33-35-58-54(37-52)56-39-59-55(38-60(56)63-58)53-36-49(28-34-57(53)62-59)42-14-8-3-9-15-42/h1-39H. The summed E-state index contributed by atoms with van der Waals surface area (Å²) in [6, 6.07) is 84.1. The number of fused-ring (bicyclic) bond motifs is 6. The topological polar surface area (TPSA) is 29.5 Å². The summed E-state index contributed by atoms with van der Waals surface area (Å²) in [5.41, 5.74) is 18.4. The van der Waals surface area contributed by atoms with Crippen molar-refractivity contribution in [1.29, 1.82) is 0 Å². The predicted molar refractivity (Wildman–Crippen MR) is 263 cm³/mol. The average molecular weight is 806 g/mol. The molecule has 0 saturated carbocycles. The van der Waals surface area contributed by atoms with Crippen molar-refractivity contribution in [3.8, 4) is 55.6 Å². The molecule has 0 atom stereocenters. The van der Waals surface area contributed by atoms with Gasteiger partial charge in [0.25, 0.3) is 0 Å². The van der Waals surface area contributed by atoms with E-state index in [4.69, 9.17) is 8.83 Å². The molecule has 0 unspecified atom stereocenters. The number of nitrogens with zero attached hydrogens (tertiary/aromatic N) is 1. The number of hydrogen-bond acceptors (Lipinski definition) is 3. The summed E-state index contributed by atoms with van der Waals surface area (Å²) < 4.78 is 13.1. The summed E-state index contributed by atoms with van der Waals surface area (Å²) in [7, 11) is 0. The molecule has 3 heteroatoms. The Balaban J connectivity index is 0.928. The van der Waals surface area contributed by atoms with Gasteiger partial charge in [-0.25, -0.2) is 0 Å². The number of rotatable bonds is 8. The second kappa shape index (κ2) is 15.3. The van der Waals surface area contributed by atoms with Gasteiger partial charge >= 0.3 is 0 Å². The summed E-state index contributed by atoms with van der Waals surface area (Å²) in [6.45, 7) is 0. The maximum Gasteiger partial charge on any atom is 0.136 e. The van der Waals surface area contributed by atoms with Crippen LogP contribution in [0.15, 0.2) is 245 Å². The van der Waals surface area contributed by atoms with Crippen LogP contribution in [0, 0.1) is 0 Å². The van der Waals surface area contributed by atoms with Crippen LogP contribution in [0.3, 0.4) is 0 Å². The molecule has 296 valence electrons. The average Bonchev–Trinajstić information content (AvgIpc) is 3.91. The van der Waals surface area contributed by atoms with Crippen LogP contribution in [0.4, 0.5) is 17.1 Å². The lowest BCUT2D eigenvalue weighted by atomic mass is 9.99. The molecule has 0 aliphatic heterocycles. The smallest absolute Gasteiger partial charge is 0.136 e. The van der Waals surface area contributed by atoms with E-state index in [1.54, 1.807) is 0 Å². The van der Waals surface area contributed by atoms with E-state index in [-0.39, 0.29) is 0 Å². The van der Waals surface area contributed by atoms with Gasteiger partial charge in [-0.05, 0) is 122 Å². The quantitative estimate of drug-likeness (QED) is 0.153. The second-order valence-electron chi connectivity index (χ2n) is 16.1. The van der Waals surface area contributed by atoms with E-state index in [0.717, 1.165) is 77.6 Å². The van der Waals surface area contributed by atoms with Gasteiger partial charge in [0, 0.05) is 38.6 Å². The molecule has 0 fully saturated rings. The summed E-state index contributed by atoms with van der Waals surface area (Å²) >= 11 is 0. The third kappa shape index (κ3) is 6.73. The molecule has 0 aliphatic rings. The molecule has 0 amide bonds. The van der Waals surface area contributed by atoms with Gasteiger partial charge < -0.3 is 13.7 Å². The number of hydrogen-bond donors (Lipinski definition) is 0. The second-order valence-corrected chi connectivity index (χ2v) is 16.1. The summed E-state index contributed by atoms with van der Waals surface area (Å²) in [5.74, 6) is 0. The third-order valence-electron chi connectivity index (χ3n) is 12.3. The van der Waals surface area contributed by atoms with Crippen LogP contribution < -0.4 is 4.90 Å². The van der Waals surface area contributed by atoms with Crippen LogP contribution in [0.25, 0.3) is 99.5 Å². The molecule has 0 aliphatic carbocycles. The highest BCUT2D eigenvalue weighted by molar-refractivity contribution is 6.15. The van der Waals surface area contributed by atoms with Crippen molar-refractivity contribution in [1.82, 2.24) is 0 Å². The van der Waals surface area contributed by atoms with Gasteiger partial charge in [0.2, 0.25) is 0 Å². The van der Waals surface area contributed by atoms with Crippen LogP contribution in [0.1, 0.15) is 0 Å². The van der Waals surface area contributed by atoms with Gasteiger partial charge in [0.05, 0.1) is 0 Å². The van der Waals surface area contributed by atoms with Crippen molar-refractivity contribution < 1.29 is 8.83 Å². The zero-order chi connectivity index (χ0) is 41.7. The first-order chi connectivity index (χ1) is 31.2. The highest BCUT2D eigenvalue weighted by Crippen LogP contribution is 2.42. The Morgan fingerprint density at radius 2 is 0.492 bits per heavy atom. The van der Waals surface area contributed by atoms with Gasteiger partial charge in [-0.2, -0.15) is 0 Å². The molecular formula is C60H39NO2. The van der Waals surface area contributed by atoms with Gasteiger partial charge in [0.15, 0.2) is 0 Å². The minimum Gasteiger partial charge on any atom is -0.456 e. The minimum atomic E-state index is 0.833. The Labute approximate surface area is 365 Å². The Morgan fingerprint density at radius 1 is 0.206 bits per heavy atom. The van der Waals surface area contributed by atoms with Gasteiger partial charge in [-0.3, -0.25) is 0 Å². The molecule has 0 N–H and O–H groups in total. The summed E-state index contributed by atoms with van der Waals surface area (Å²) in [5, 5.41) is 4.17. The van der Waals surface area contributed by atoms with Crippen molar-refractivity contribution in [2.75, 3.05) is 4.90 Å². The van der Waals surface area contributed by atoms with E-state index in [1.165, 1.54) is 38.9 Å². The fourth-order valence-electron chi connectivity index (χ4n) is 9.01. The van der Waals surface area contributed by atoms with Gasteiger partial charge in [-0.15, -0.1) is 0 Å². The van der Waals surface area contributed by atoms with Gasteiger partial charge in [0.1, 0.15) is 22.3 Å². The van der Waals surface area contributed by atoms with Crippen molar-refractivity contribution in [3.63, 3.8) is 0 Å². The van der Waals surface area contributed by atoms with Crippen molar-refractivity contribution in [3.05, 3.63) is 237 Å². The first-order valence-electron chi connectivity index (χ1n) is 21.4. The zero-order valence-corrected chi connectivity index (χ0v) is 34.3. The molecule has 0 spiro atoms. The van der Waals surface area contributed by atoms with Crippen LogP contribution in [-0.4, -0.2) is 0 Å². The number of anilines is 3. The molecule has 0 saturated heterocycles. The van der Waals surface area contributed by atoms with Crippen molar-refractivity contribution >= 4 is 60.9 Å². The lowest BCUT2D eigenvalue weighted by Crippen LogP contribution is -2.09. The minimum absolute atomic E-state index is 0.833. The Hall–Kier alpha value is -8.40. The van der Waals surface area contributed by atoms with E-state index >= 15 is 0 Å². The molecule has 12 rings (SSSR count). The molecule has 12 aromatic rings. The lowest BCUT2D eigenvalue weighted by molar-refractivity contribution is 0.664.